The van der Waals surface area contributed by atoms with Crippen molar-refractivity contribution in [3.8, 4) is 0 Å². The van der Waals surface area contributed by atoms with E-state index in [9.17, 15) is 0 Å². The van der Waals surface area contributed by atoms with Crippen molar-refractivity contribution < 1.29 is 0 Å². The maximum Gasteiger partial charge on any atom is 0.0668 e. The second kappa shape index (κ2) is 9.19. The molecule has 0 fully saturated rings. The number of aryl methyl sites for hydroxylation is 1. The summed E-state index contributed by atoms with van der Waals surface area (Å²) >= 11 is 0. The molecule has 1 aliphatic rings. The van der Waals surface area contributed by atoms with Crippen molar-refractivity contribution in [3.63, 3.8) is 0 Å². The number of aliphatic imine (C=N–C) groups is 1. The van der Waals surface area contributed by atoms with Gasteiger partial charge < -0.3 is 0 Å². The molecule has 0 spiro atoms. The first-order chi connectivity index (χ1) is 10.6. The van der Waals surface area contributed by atoms with Gasteiger partial charge in [0.1, 0.15) is 0 Å². The molecule has 0 bridgehead atoms. The van der Waals surface area contributed by atoms with Crippen LogP contribution in [0, 0.1) is 6.92 Å². The van der Waals surface area contributed by atoms with Crippen molar-refractivity contribution in [1.82, 2.24) is 0 Å². The van der Waals surface area contributed by atoms with Gasteiger partial charge in [-0.15, -0.1) is 0 Å². The van der Waals surface area contributed by atoms with Gasteiger partial charge in [-0.3, -0.25) is 4.99 Å². The van der Waals surface area contributed by atoms with Crippen LogP contribution in [0.3, 0.4) is 0 Å². The number of hydrogen-bond donors (Lipinski definition) is 0. The highest BCUT2D eigenvalue weighted by molar-refractivity contribution is 5.99. The maximum atomic E-state index is 4.79. The predicted molar refractivity (Wildman–Crippen MR) is 101 cm³/mol. The normalized spacial score (nSPS) is 15.1. The zero-order chi connectivity index (χ0) is 16.5. The Morgan fingerprint density at radius 1 is 1.18 bits per heavy atom. The van der Waals surface area contributed by atoms with Gasteiger partial charge in [0.15, 0.2) is 0 Å². The third-order valence-corrected chi connectivity index (χ3v) is 3.89. The van der Waals surface area contributed by atoms with Crippen molar-refractivity contribution in [2.24, 2.45) is 4.99 Å². The molecular weight excluding hydrogens is 266 g/mol. The molecule has 1 aliphatic carbocycles. The Balaban J connectivity index is 0.00000116. The molecule has 0 N–H and O–H groups in total. The lowest BCUT2D eigenvalue weighted by molar-refractivity contribution is 1.05. The van der Waals surface area contributed by atoms with E-state index in [0.717, 1.165) is 24.2 Å². The van der Waals surface area contributed by atoms with Gasteiger partial charge in [0.25, 0.3) is 0 Å². The van der Waals surface area contributed by atoms with Crippen molar-refractivity contribution >= 4 is 17.0 Å². The fourth-order valence-corrected chi connectivity index (χ4v) is 2.25. The summed E-state index contributed by atoms with van der Waals surface area (Å²) in [6.45, 7) is 12.4. The molecule has 0 unspecified atom stereocenters. The van der Waals surface area contributed by atoms with Crippen LogP contribution >= 0.6 is 0 Å². The van der Waals surface area contributed by atoms with Gasteiger partial charge in [-0.2, -0.15) is 0 Å². The highest BCUT2D eigenvalue weighted by atomic mass is 14.7. The molecule has 1 aromatic carbocycles. The summed E-state index contributed by atoms with van der Waals surface area (Å²) in [5, 5.41) is 0. The summed E-state index contributed by atoms with van der Waals surface area (Å²) in [5.41, 5.74) is 7.33. The molecule has 118 valence electrons. The Bertz CT molecular complexity index is 613. The van der Waals surface area contributed by atoms with Gasteiger partial charge in [0, 0.05) is 5.71 Å². The average Bonchev–Trinajstić information content (AvgIpc) is 2.58. The lowest BCUT2D eigenvalue weighted by Gasteiger charge is -2.11. The molecule has 2 rings (SSSR count). The minimum Gasteiger partial charge on any atom is -0.253 e. The summed E-state index contributed by atoms with van der Waals surface area (Å²) in [7, 11) is 0. The van der Waals surface area contributed by atoms with E-state index in [4.69, 9.17) is 4.99 Å². The zero-order valence-corrected chi connectivity index (χ0v) is 14.9. The Hall–Kier alpha value is -1.89. The van der Waals surface area contributed by atoms with Crippen LogP contribution in [-0.2, 0) is 0 Å². The standard InChI is InChI=1S/C19H23N.C2H6/c1-5-14(2)16(4)20-19-13-18(12-11-15(19)3)17-9-7-6-8-10-17;1-2/h5-7,9,11-13H,8,10H2,1-4H3;1-2H3/b14-5-,20-16?;. The van der Waals surface area contributed by atoms with Crippen LogP contribution in [0.25, 0.3) is 5.57 Å². The summed E-state index contributed by atoms with van der Waals surface area (Å²) < 4.78 is 0. The van der Waals surface area contributed by atoms with Gasteiger partial charge in [-0.1, -0.05) is 50.3 Å². The minimum atomic E-state index is 1.08. The highest BCUT2D eigenvalue weighted by Gasteiger charge is 2.06. The first kappa shape index (κ1) is 18.2. The summed E-state index contributed by atoms with van der Waals surface area (Å²) in [4.78, 5) is 4.79. The van der Waals surface area contributed by atoms with E-state index in [1.54, 1.807) is 0 Å². The van der Waals surface area contributed by atoms with Gasteiger partial charge in [0.2, 0.25) is 0 Å². The van der Waals surface area contributed by atoms with Gasteiger partial charge in [-0.05, 0) is 68.9 Å². The number of allylic oxidation sites excluding steroid dienone is 6. The second-order valence-electron chi connectivity index (χ2n) is 5.33. The molecule has 0 amide bonds. The van der Waals surface area contributed by atoms with Crippen LogP contribution < -0.4 is 0 Å². The number of hydrogen-bond acceptors (Lipinski definition) is 1. The molecular formula is C21H29N. The Labute approximate surface area is 136 Å². The van der Waals surface area contributed by atoms with Gasteiger partial charge in [-0.25, -0.2) is 0 Å². The molecule has 1 heteroatoms. The van der Waals surface area contributed by atoms with Crippen LogP contribution in [0.4, 0.5) is 5.69 Å². The highest BCUT2D eigenvalue weighted by Crippen LogP contribution is 2.29. The summed E-state index contributed by atoms with van der Waals surface area (Å²) in [6.07, 6.45) is 10.9. The number of rotatable bonds is 3. The van der Waals surface area contributed by atoms with Crippen LogP contribution in [0.5, 0.6) is 0 Å². The molecule has 0 saturated carbocycles. The Morgan fingerprint density at radius 2 is 1.91 bits per heavy atom. The molecule has 0 aliphatic heterocycles. The van der Waals surface area contributed by atoms with Crippen molar-refractivity contribution in [2.75, 3.05) is 0 Å². The molecule has 0 heterocycles. The molecule has 0 saturated heterocycles. The van der Waals surface area contributed by atoms with Crippen molar-refractivity contribution in [2.45, 2.75) is 54.4 Å². The van der Waals surface area contributed by atoms with Gasteiger partial charge in [0.05, 0.1) is 5.69 Å². The summed E-state index contributed by atoms with van der Waals surface area (Å²) in [5.74, 6) is 0. The van der Waals surface area contributed by atoms with Crippen molar-refractivity contribution in [1.29, 1.82) is 0 Å². The van der Waals surface area contributed by atoms with E-state index < -0.39 is 0 Å². The number of benzene rings is 1. The van der Waals surface area contributed by atoms with Crippen LogP contribution in [0.15, 0.2) is 53.1 Å². The molecule has 1 nitrogen and oxygen atoms in total. The third-order valence-electron chi connectivity index (χ3n) is 3.89. The fourth-order valence-electron chi connectivity index (χ4n) is 2.25. The first-order valence-electron chi connectivity index (χ1n) is 8.27. The van der Waals surface area contributed by atoms with Crippen LogP contribution in [0.2, 0.25) is 0 Å². The molecule has 0 atom stereocenters. The largest absolute Gasteiger partial charge is 0.253 e. The van der Waals surface area contributed by atoms with Crippen molar-refractivity contribution in [3.05, 3.63) is 59.2 Å². The van der Waals surface area contributed by atoms with Crippen LogP contribution in [-0.4, -0.2) is 5.71 Å². The minimum absolute atomic E-state index is 1.08. The quantitative estimate of drug-likeness (QED) is 0.543. The first-order valence-corrected chi connectivity index (χ1v) is 8.27. The van der Waals surface area contributed by atoms with E-state index in [0.29, 0.717) is 0 Å². The zero-order valence-electron chi connectivity index (χ0n) is 14.9. The monoisotopic (exact) mass is 295 g/mol. The fraction of sp³-hybridized carbons (Fsp3) is 0.381. The maximum absolute atomic E-state index is 4.79. The molecule has 0 aromatic heterocycles. The van der Waals surface area contributed by atoms with E-state index in [1.165, 1.54) is 22.3 Å². The smallest absolute Gasteiger partial charge is 0.0668 e. The molecule has 22 heavy (non-hydrogen) atoms. The van der Waals surface area contributed by atoms with E-state index in [-0.39, 0.29) is 0 Å². The Morgan fingerprint density at radius 3 is 2.50 bits per heavy atom. The molecule has 0 radical (unpaired) electrons. The summed E-state index contributed by atoms with van der Waals surface area (Å²) in [6, 6.07) is 6.59. The lowest BCUT2D eigenvalue weighted by atomic mass is 9.96. The SMILES string of the molecule is C/C=C(/C)C(C)=Nc1cc(C2=CC=CCC2)ccc1C.CC. The Kier molecular flexibility index (Phi) is 7.59. The average molecular weight is 295 g/mol. The third kappa shape index (κ3) is 4.84. The lowest BCUT2D eigenvalue weighted by Crippen LogP contribution is -1.93. The van der Waals surface area contributed by atoms with Crippen LogP contribution in [0.1, 0.15) is 58.6 Å². The van der Waals surface area contributed by atoms with E-state index >= 15 is 0 Å². The molecule has 1 aromatic rings. The topological polar surface area (TPSA) is 12.4 Å². The predicted octanol–water partition coefficient (Wildman–Crippen LogP) is 6.81. The van der Waals surface area contributed by atoms with E-state index in [2.05, 4.69) is 70.2 Å². The van der Waals surface area contributed by atoms with E-state index in [1.807, 2.05) is 13.8 Å². The van der Waals surface area contributed by atoms with Gasteiger partial charge >= 0.3 is 0 Å². The second-order valence-corrected chi connectivity index (χ2v) is 5.33. The number of nitrogens with zero attached hydrogens (tertiary/aromatic N) is 1.